The average Bonchev–Trinajstić information content (AvgIpc) is 3.19. The van der Waals surface area contributed by atoms with Crippen LogP contribution >= 0.6 is 0 Å². The van der Waals surface area contributed by atoms with E-state index in [1.54, 1.807) is 24.3 Å². The predicted molar refractivity (Wildman–Crippen MR) is 103 cm³/mol. The fourth-order valence-corrected chi connectivity index (χ4v) is 3.41. The molecule has 0 saturated carbocycles. The number of nitrogens with one attached hydrogen (secondary N) is 2. The Morgan fingerprint density at radius 1 is 1.07 bits per heavy atom. The van der Waals surface area contributed by atoms with E-state index < -0.39 is 5.82 Å². The molecule has 1 fully saturated rings. The van der Waals surface area contributed by atoms with Crippen molar-refractivity contribution in [1.82, 2.24) is 15.5 Å². The van der Waals surface area contributed by atoms with Crippen molar-refractivity contribution in [3.63, 3.8) is 0 Å². The molecule has 0 radical (unpaired) electrons. The number of benzene rings is 2. The van der Waals surface area contributed by atoms with Crippen LogP contribution in [0, 0.1) is 11.6 Å². The number of aromatic nitrogens is 2. The summed E-state index contributed by atoms with van der Waals surface area (Å²) < 4.78 is 26.8. The maximum absolute atomic E-state index is 13.7. The Bertz CT molecular complexity index is 963. The highest BCUT2D eigenvalue weighted by Gasteiger charge is 2.23. The molecule has 7 heteroatoms. The molecular weight excluding hydrogens is 362 g/mol. The van der Waals surface area contributed by atoms with Crippen molar-refractivity contribution >= 4 is 11.7 Å². The van der Waals surface area contributed by atoms with Gasteiger partial charge in [-0.25, -0.2) is 8.78 Å². The number of amides is 1. The van der Waals surface area contributed by atoms with Crippen molar-refractivity contribution < 1.29 is 13.6 Å². The number of carbonyl (C=O) groups excluding carboxylic acids is 1. The quantitative estimate of drug-likeness (QED) is 0.722. The van der Waals surface area contributed by atoms with Gasteiger partial charge in [-0.3, -0.25) is 9.89 Å². The van der Waals surface area contributed by atoms with Gasteiger partial charge in [-0.05, 0) is 54.8 Å². The largest absolute Gasteiger partial charge is 0.355 e. The van der Waals surface area contributed by atoms with Gasteiger partial charge in [0, 0.05) is 25.2 Å². The third-order valence-electron chi connectivity index (χ3n) is 4.99. The lowest BCUT2D eigenvalue weighted by atomic mass is 10.0. The number of hydrogen-bond acceptors (Lipinski definition) is 3. The molecular formula is C21H20F2N4O. The molecule has 1 saturated heterocycles. The fraction of sp³-hybridized carbons (Fsp3) is 0.238. The Labute approximate surface area is 161 Å². The summed E-state index contributed by atoms with van der Waals surface area (Å²) in [5.41, 5.74) is 1.76. The number of H-pyrrole nitrogens is 1. The highest BCUT2D eigenvalue weighted by atomic mass is 19.1. The molecule has 0 atom stereocenters. The van der Waals surface area contributed by atoms with Gasteiger partial charge < -0.3 is 10.2 Å². The second-order valence-corrected chi connectivity index (χ2v) is 6.86. The van der Waals surface area contributed by atoms with Crippen LogP contribution in [-0.4, -0.2) is 35.2 Å². The van der Waals surface area contributed by atoms with Gasteiger partial charge in [-0.15, -0.1) is 0 Å². The van der Waals surface area contributed by atoms with Gasteiger partial charge >= 0.3 is 0 Å². The maximum atomic E-state index is 13.7. The molecule has 28 heavy (non-hydrogen) atoms. The topological polar surface area (TPSA) is 61.0 Å². The van der Waals surface area contributed by atoms with Crippen LogP contribution in [0.2, 0.25) is 0 Å². The number of aromatic amines is 1. The first-order chi connectivity index (χ1) is 13.6. The van der Waals surface area contributed by atoms with Gasteiger partial charge in [-0.2, -0.15) is 5.10 Å². The summed E-state index contributed by atoms with van der Waals surface area (Å²) in [7, 11) is 0. The van der Waals surface area contributed by atoms with E-state index in [-0.39, 0.29) is 23.3 Å². The number of halogens is 2. The Kier molecular flexibility index (Phi) is 5.06. The molecule has 1 amide bonds. The number of hydrogen-bond donors (Lipinski definition) is 2. The standard InChI is InChI=1S/C21H20F2N4O/c22-15-7-5-14(6-8-15)19-13-20(26-25-19)27-11-9-16(10-12-27)24-21(28)17-3-1-2-4-18(17)23/h1-8,13,16H,9-12H2,(H,24,28)(H,25,26). The number of piperidine rings is 1. The number of nitrogens with zero attached hydrogens (tertiary/aromatic N) is 2. The average molecular weight is 382 g/mol. The minimum atomic E-state index is -0.512. The zero-order chi connectivity index (χ0) is 19.5. The van der Waals surface area contributed by atoms with E-state index in [9.17, 15) is 13.6 Å². The summed E-state index contributed by atoms with van der Waals surface area (Å²) in [5.74, 6) is -0.349. The Balaban J connectivity index is 1.35. The molecule has 2 aromatic carbocycles. The summed E-state index contributed by atoms with van der Waals surface area (Å²) in [4.78, 5) is 14.4. The molecule has 4 rings (SSSR count). The van der Waals surface area contributed by atoms with Gasteiger partial charge in [0.15, 0.2) is 5.82 Å². The van der Waals surface area contributed by atoms with Gasteiger partial charge in [-0.1, -0.05) is 12.1 Å². The summed E-state index contributed by atoms with van der Waals surface area (Å²) in [6, 6.07) is 14.2. The minimum absolute atomic E-state index is 0.00105. The molecule has 0 aliphatic carbocycles. The first kappa shape index (κ1) is 18.2. The van der Waals surface area contributed by atoms with E-state index in [0.29, 0.717) is 0 Å². The second-order valence-electron chi connectivity index (χ2n) is 6.86. The lowest BCUT2D eigenvalue weighted by Crippen LogP contribution is -2.45. The highest BCUT2D eigenvalue weighted by molar-refractivity contribution is 5.94. The summed E-state index contributed by atoms with van der Waals surface area (Å²) >= 11 is 0. The Morgan fingerprint density at radius 2 is 1.79 bits per heavy atom. The summed E-state index contributed by atoms with van der Waals surface area (Å²) in [6.07, 6.45) is 1.50. The third-order valence-corrected chi connectivity index (χ3v) is 4.99. The van der Waals surface area contributed by atoms with Crippen LogP contribution in [0.1, 0.15) is 23.2 Å². The van der Waals surface area contributed by atoms with Gasteiger partial charge in [0.1, 0.15) is 11.6 Å². The van der Waals surface area contributed by atoms with E-state index in [0.717, 1.165) is 43.0 Å². The third kappa shape index (κ3) is 3.88. The number of rotatable bonds is 4. The molecule has 144 valence electrons. The second kappa shape index (κ2) is 7.80. The zero-order valence-corrected chi connectivity index (χ0v) is 15.2. The van der Waals surface area contributed by atoms with Crippen molar-refractivity contribution in [2.75, 3.05) is 18.0 Å². The van der Waals surface area contributed by atoms with E-state index in [2.05, 4.69) is 20.4 Å². The smallest absolute Gasteiger partial charge is 0.254 e. The molecule has 0 bridgehead atoms. The molecule has 0 spiro atoms. The summed E-state index contributed by atoms with van der Waals surface area (Å²) in [6.45, 7) is 1.46. The van der Waals surface area contributed by atoms with Crippen LogP contribution in [0.15, 0.2) is 54.6 Å². The van der Waals surface area contributed by atoms with Crippen molar-refractivity contribution in [2.24, 2.45) is 0 Å². The molecule has 1 aliphatic rings. The van der Waals surface area contributed by atoms with Crippen molar-refractivity contribution in [1.29, 1.82) is 0 Å². The SMILES string of the molecule is O=C(NC1CCN(c2cc(-c3ccc(F)cc3)[nH]n2)CC1)c1ccccc1F. The number of anilines is 1. The molecule has 3 aromatic rings. The van der Waals surface area contributed by atoms with Crippen LogP contribution in [0.25, 0.3) is 11.3 Å². The van der Waals surface area contributed by atoms with Crippen LogP contribution in [0.4, 0.5) is 14.6 Å². The lowest BCUT2D eigenvalue weighted by Gasteiger charge is -2.32. The van der Waals surface area contributed by atoms with E-state index in [1.807, 2.05) is 6.07 Å². The van der Waals surface area contributed by atoms with Crippen LogP contribution in [0.5, 0.6) is 0 Å². The molecule has 5 nitrogen and oxygen atoms in total. The van der Waals surface area contributed by atoms with E-state index >= 15 is 0 Å². The Hall–Kier alpha value is -3.22. The summed E-state index contributed by atoms with van der Waals surface area (Å²) in [5, 5.41) is 10.3. The first-order valence-corrected chi connectivity index (χ1v) is 9.22. The molecule has 2 N–H and O–H groups in total. The molecule has 1 aliphatic heterocycles. The first-order valence-electron chi connectivity index (χ1n) is 9.22. The van der Waals surface area contributed by atoms with Gasteiger partial charge in [0.2, 0.25) is 0 Å². The number of carbonyl (C=O) groups is 1. The van der Waals surface area contributed by atoms with Crippen LogP contribution in [-0.2, 0) is 0 Å². The minimum Gasteiger partial charge on any atom is -0.355 e. The fourth-order valence-electron chi connectivity index (χ4n) is 3.41. The molecule has 0 unspecified atom stereocenters. The predicted octanol–water partition coefficient (Wildman–Crippen LogP) is 3.75. The maximum Gasteiger partial charge on any atom is 0.254 e. The van der Waals surface area contributed by atoms with Crippen LogP contribution < -0.4 is 10.2 Å². The Morgan fingerprint density at radius 3 is 2.50 bits per heavy atom. The monoisotopic (exact) mass is 382 g/mol. The normalized spacial score (nSPS) is 14.9. The lowest BCUT2D eigenvalue weighted by molar-refractivity contribution is 0.0927. The van der Waals surface area contributed by atoms with Crippen LogP contribution in [0.3, 0.4) is 0 Å². The zero-order valence-electron chi connectivity index (χ0n) is 15.2. The molecule has 1 aromatic heterocycles. The van der Waals surface area contributed by atoms with Gasteiger partial charge in [0.25, 0.3) is 5.91 Å². The van der Waals surface area contributed by atoms with E-state index in [1.165, 1.54) is 24.3 Å². The van der Waals surface area contributed by atoms with Crippen molar-refractivity contribution in [2.45, 2.75) is 18.9 Å². The van der Waals surface area contributed by atoms with E-state index in [4.69, 9.17) is 0 Å². The molecule has 2 heterocycles. The van der Waals surface area contributed by atoms with Crippen molar-refractivity contribution in [3.8, 4) is 11.3 Å². The van der Waals surface area contributed by atoms with Gasteiger partial charge in [0.05, 0.1) is 11.3 Å². The highest BCUT2D eigenvalue weighted by Crippen LogP contribution is 2.24. The van der Waals surface area contributed by atoms with Crippen molar-refractivity contribution in [3.05, 3.63) is 71.8 Å².